The zero-order chi connectivity index (χ0) is 11.3. The van der Waals surface area contributed by atoms with Gasteiger partial charge in [0.1, 0.15) is 0 Å². The molecule has 2 heteroatoms. The van der Waals surface area contributed by atoms with E-state index in [1.165, 1.54) is 5.56 Å². The molecule has 1 unspecified atom stereocenters. The van der Waals surface area contributed by atoms with Crippen molar-refractivity contribution in [3.05, 3.63) is 35.9 Å². The highest BCUT2D eigenvalue weighted by Gasteiger charge is 2.33. The van der Waals surface area contributed by atoms with Gasteiger partial charge in [-0.1, -0.05) is 44.2 Å². The van der Waals surface area contributed by atoms with Crippen LogP contribution >= 0.6 is 0 Å². The molecule has 0 fully saturated rings. The van der Waals surface area contributed by atoms with Crippen LogP contribution in [0.5, 0.6) is 0 Å². The van der Waals surface area contributed by atoms with E-state index < -0.39 is 0 Å². The van der Waals surface area contributed by atoms with Crippen LogP contribution in [-0.2, 0) is 5.41 Å². The molecule has 0 bridgehead atoms. The SMILES string of the molecule is CC(C)C(CN)(CCO)c1ccccc1. The number of nitrogens with two attached hydrogens (primary N) is 1. The molecule has 0 aliphatic rings. The maximum absolute atomic E-state index is 9.19. The lowest BCUT2D eigenvalue weighted by Gasteiger charge is -2.36. The van der Waals surface area contributed by atoms with E-state index in [-0.39, 0.29) is 12.0 Å². The van der Waals surface area contributed by atoms with Crippen LogP contribution in [0.2, 0.25) is 0 Å². The van der Waals surface area contributed by atoms with Crippen molar-refractivity contribution in [3.63, 3.8) is 0 Å². The summed E-state index contributed by atoms with van der Waals surface area (Å²) in [6.07, 6.45) is 0.727. The Labute approximate surface area is 92.1 Å². The second kappa shape index (κ2) is 5.29. The maximum atomic E-state index is 9.19. The molecule has 84 valence electrons. The second-order valence-electron chi connectivity index (χ2n) is 4.35. The van der Waals surface area contributed by atoms with Crippen molar-refractivity contribution in [3.8, 4) is 0 Å². The van der Waals surface area contributed by atoms with Crippen LogP contribution in [0.3, 0.4) is 0 Å². The maximum Gasteiger partial charge on any atom is 0.0440 e. The van der Waals surface area contributed by atoms with Gasteiger partial charge < -0.3 is 10.8 Å². The number of aliphatic hydroxyl groups is 1. The van der Waals surface area contributed by atoms with Gasteiger partial charge >= 0.3 is 0 Å². The number of rotatable bonds is 5. The first kappa shape index (κ1) is 12.2. The largest absolute Gasteiger partial charge is 0.396 e. The summed E-state index contributed by atoms with van der Waals surface area (Å²) in [7, 11) is 0. The molecule has 0 radical (unpaired) electrons. The molecule has 15 heavy (non-hydrogen) atoms. The first-order valence-electron chi connectivity index (χ1n) is 5.54. The lowest BCUT2D eigenvalue weighted by atomic mass is 9.69. The third-order valence-corrected chi connectivity index (χ3v) is 3.38. The highest BCUT2D eigenvalue weighted by atomic mass is 16.3. The van der Waals surface area contributed by atoms with Gasteiger partial charge in [-0.3, -0.25) is 0 Å². The Bertz CT molecular complexity index is 284. The van der Waals surface area contributed by atoms with Crippen molar-refractivity contribution in [1.82, 2.24) is 0 Å². The molecule has 2 nitrogen and oxygen atoms in total. The number of benzene rings is 1. The Balaban J connectivity index is 3.09. The molecule has 1 atom stereocenters. The summed E-state index contributed by atoms with van der Waals surface area (Å²) < 4.78 is 0. The summed E-state index contributed by atoms with van der Waals surface area (Å²) in [5.74, 6) is 0.428. The minimum absolute atomic E-state index is 0.0873. The van der Waals surface area contributed by atoms with Gasteiger partial charge in [-0.05, 0) is 17.9 Å². The van der Waals surface area contributed by atoms with Crippen molar-refractivity contribution in [1.29, 1.82) is 0 Å². The van der Waals surface area contributed by atoms with Crippen LogP contribution in [0, 0.1) is 5.92 Å². The van der Waals surface area contributed by atoms with Crippen molar-refractivity contribution in [2.45, 2.75) is 25.7 Å². The zero-order valence-corrected chi connectivity index (χ0v) is 9.61. The lowest BCUT2D eigenvalue weighted by molar-refractivity contribution is 0.203. The van der Waals surface area contributed by atoms with Crippen molar-refractivity contribution in [2.75, 3.05) is 13.2 Å². The van der Waals surface area contributed by atoms with Gasteiger partial charge in [0.2, 0.25) is 0 Å². The fraction of sp³-hybridized carbons (Fsp3) is 0.538. The van der Waals surface area contributed by atoms with E-state index >= 15 is 0 Å². The van der Waals surface area contributed by atoms with Gasteiger partial charge in [0, 0.05) is 18.6 Å². The Morgan fingerprint density at radius 3 is 2.27 bits per heavy atom. The molecule has 0 amide bonds. The molecule has 0 heterocycles. The van der Waals surface area contributed by atoms with E-state index in [0.717, 1.165) is 6.42 Å². The summed E-state index contributed by atoms with van der Waals surface area (Å²) in [5, 5.41) is 9.19. The molecule has 0 aliphatic carbocycles. The summed E-state index contributed by atoms with van der Waals surface area (Å²) in [6, 6.07) is 10.3. The minimum atomic E-state index is -0.0873. The van der Waals surface area contributed by atoms with E-state index in [1.54, 1.807) is 0 Å². The average molecular weight is 207 g/mol. The number of aliphatic hydroxyl groups excluding tert-OH is 1. The topological polar surface area (TPSA) is 46.2 Å². The fourth-order valence-electron chi connectivity index (χ4n) is 2.19. The Hall–Kier alpha value is -0.860. The summed E-state index contributed by atoms with van der Waals surface area (Å²) in [4.78, 5) is 0. The van der Waals surface area contributed by atoms with Gasteiger partial charge in [0.25, 0.3) is 0 Å². The van der Waals surface area contributed by atoms with E-state index in [4.69, 9.17) is 5.73 Å². The first-order chi connectivity index (χ1) is 7.17. The molecule has 0 aromatic heterocycles. The predicted octanol–water partition coefficient (Wildman–Crippen LogP) is 1.92. The molecule has 1 aromatic rings. The molecule has 0 saturated carbocycles. The monoisotopic (exact) mass is 207 g/mol. The van der Waals surface area contributed by atoms with Crippen LogP contribution in [0.15, 0.2) is 30.3 Å². The Kier molecular flexibility index (Phi) is 4.30. The number of hydrogen-bond acceptors (Lipinski definition) is 2. The molecule has 3 N–H and O–H groups in total. The minimum Gasteiger partial charge on any atom is -0.396 e. The molecule has 0 spiro atoms. The highest BCUT2D eigenvalue weighted by molar-refractivity contribution is 5.26. The third kappa shape index (κ3) is 2.39. The van der Waals surface area contributed by atoms with E-state index in [2.05, 4.69) is 26.0 Å². The van der Waals surface area contributed by atoms with Crippen LogP contribution in [0.1, 0.15) is 25.8 Å². The van der Waals surface area contributed by atoms with Gasteiger partial charge in [-0.25, -0.2) is 0 Å². The van der Waals surface area contributed by atoms with E-state index in [9.17, 15) is 5.11 Å². The average Bonchev–Trinajstić information content (AvgIpc) is 2.26. The second-order valence-corrected chi connectivity index (χ2v) is 4.35. The fourth-order valence-corrected chi connectivity index (χ4v) is 2.19. The molecular formula is C13H21NO. The third-order valence-electron chi connectivity index (χ3n) is 3.38. The molecule has 1 aromatic carbocycles. The quantitative estimate of drug-likeness (QED) is 0.775. The zero-order valence-electron chi connectivity index (χ0n) is 9.61. The molecular weight excluding hydrogens is 186 g/mol. The van der Waals surface area contributed by atoms with Crippen LogP contribution < -0.4 is 5.73 Å². The Morgan fingerprint density at radius 2 is 1.87 bits per heavy atom. The highest BCUT2D eigenvalue weighted by Crippen LogP contribution is 2.34. The summed E-state index contributed by atoms with van der Waals surface area (Å²) in [5.41, 5.74) is 7.06. The van der Waals surface area contributed by atoms with E-state index in [0.29, 0.717) is 12.5 Å². The molecule has 0 aliphatic heterocycles. The summed E-state index contributed by atoms with van der Waals surface area (Å²) >= 11 is 0. The van der Waals surface area contributed by atoms with Gasteiger partial charge in [0.05, 0.1) is 0 Å². The van der Waals surface area contributed by atoms with Crippen LogP contribution in [0.4, 0.5) is 0 Å². The van der Waals surface area contributed by atoms with Crippen LogP contribution in [-0.4, -0.2) is 18.3 Å². The first-order valence-corrected chi connectivity index (χ1v) is 5.54. The van der Waals surface area contributed by atoms with Gasteiger partial charge in [-0.2, -0.15) is 0 Å². The molecule has 0 saturated heterocycles. The van der Waals surface area contributed by atoms with Gasteiger partial charge in [0.15, 0.2) is 0 Å². The number of hydrogen-bond donors (Lipinski definition) is 2. The Morgan fingerprint density at radius 1 is 1.27 bits per heavy atom. The lowest BCUT2D eigenvalue weighted by Crippen LogP contribution is -2.41. The van der Waals surface area contributed by atoms with Crippen molar-refractivity contribution >= 4 is 0 Å². The standard InChI is InChI=1S/C13H21NO/c1-11(2)13(10-14,8-9-15)12-6-4-3-5-7-12/h3-7,11,15H,8-10,14H2,1-2H3. The molecule has 1 rings (SSSR count). The van der Waals surface area contributed by atoms with Crippen molar-refractivity contribution < 1.29 is 5.11 Å². The normalized spacial score (nSPS) is 15.3. The smallest absolute Gasteiger partial charge is 0.0440 e. The van der Waals surface area contributed by atoms with E-state index in [1.807, 2.05) is 18.2 Å². The van der Waals surface area contributed by atoms with Crippen LogP contribution in [0.25, 0.3) is 0 Å². The van der Waals surface area contributed by atoms with Gasteiger partial charge in [-0.15, -0.1) is 0 Å². The summed E-state index contributed by atoms with van der Waals surface area (Å²) in [6.45, 7) is 5.09. The van der Waals surface area contributed by atoms with Crippen molar-refractivity contribution in [2.24, 2.45) is 11.7 Å². The predicted molar refractivity (Wildman–Crippen MR) is 63.7 cm³/mol.